The molecular formula is C41H61N5O3. The SMILES string of the molecule is CCCCC(N)=NCCCCCNC(=O)[C@@H](CC(C)C)NC(=O)[C@@]1(c2ccccc2)C[C@H]1CN1CC[C@@]2(C)c3cc(O)ccc3C[C@@H]1[C@@H]2C. The van der Waals surface area contributed by atoms with Gasteiger partial charge in [-0.1, -0.05) is 77.4 Å². The van der Waals surface area contributed by atoms with Crippen molar-refractivity contribution in [2.24, 2.45) is 28.5 Å². The Kier molecular flexibility index (Phi) is 12.1. The Hall–Kier alpha value is -3.39. The van der Waals surface area contributed by atoms with Crippen LogP contribution < -0.4 is 16.4 Å². The molecule has 2 aromatic carbocycles. The predicted octanol–water partition coefficient (Wildman–Crippen LogP) is 6.24. The van der Waals surface area contributed by atoms with Gasteiger partial charge >= 0.3 is 0 Å². The van der Waals surface area contributed by atoms with E-state index in [0.29, 0.717) is 30.7 Å². The maximum atomic E-state index is 14.4. The Morgan fingerprint density at radius 3 is 2.61 bits per heavy atom. The van der Waals surface area contributed by atoms with Crippen LogP contribution in [0.5, 0.6) is 5.75 Å². The number of unbranched alkanes of at least 4 members (excludes halogenated alkanes) is 3. The van der Waals surface area contributed by atoms with E-state index in [-0.39, 0.29) is 29.1 Å². The van der Waals surface area contributed by atoms with Crippen molar-refractivity contribution in [3.63, 3.8) is 0 Å². The van der Waals surface area contributed by atoms with Crippen LogP contribution >= 0.6 is 0 Å². The Labute approximate surface area is 294 Å². The van der Waals surface area contributed by atoms with Crippen LogP contribution in [0.2, 0.25) is 0 Å². The largest absolute Gasteiger partial charge is 0.508 e. The zero-order chi connectivity index (χ0) is 35.2. The zero-order valence-electron chi connectivity index (χ0n) is 30.6. The van der Waals surface area contributed by atoms with Crippen molar-refractivity contribution in [1.82, 2.24) is 15.5 Å². The lowest BCUT2D eigenvalue weighted by Gasteiger charge is -2.55. The van der Waals surface area contributed by atoms with E-state index in [1.807, 2.05) is 30.3 Å². The average molecular weight is 672 g/mol. The summed E-state index contributed by atoms with van der Waals surface area (Å²) < 4.78 is 0. The number of amides is 2. The molecule has 1 aliphatic heterocycles. The molecule has 6 atom stereocenters. The second kappa shape index (κ2) is 16.1. The number of nitrogens with one attached hydrogen (secondary N) is 2. The lowest BCUT2D eigenvalue weighted by molar-refractivity contribution is -0.131. The Balaban J connectivity index is 1.22. The first-order chi connectivity index (χ1) is 23.5. The number of aliphatic imine (C=N–C) groups is 1. The standard InChI is InChI=1S/C41H61N5O3/c1-6-7-16-37(42)43-20-12-9-13-21-44-38(48)35(23-28(2)3)45-39(49)41(31-14-10-8-11-15-31)26-32(41)27-46-22-19-40(5)29(4)36(46)24-30-17-18-33(47)25-34(30)40/h8,10-11,14-15,17-18,25,28-29,32,35-36,47H,6-7,9,12-13,16,19-24,26-27H2,1-5H3,(H2,42,43)(H,44,48)(H,45,49)/t29-,32-,35+,36+,40+,41+/m0/s1. The molecule has 0 aromatic heterocycles. The first-order valence-electron chi connectivity index (χ1n) is 19.0. The van der Waals surface area contributed by atoms with Crippen LogP contribution in [0.25, 0.3) is 0 Å². The number of rotatable bonds is 17. The lowest BCUT2D eigenvalue weighted by atomic mass is 9.59. The average Bonchev–Trinajstić information content (AvgIpc) is 3.81. The van der Waals surface area contributed by atoms with Gasteiger partial charge in [-0.05, 0) is 110 Å². The summed E-state index contributed by atoms with van der Waals surface area (Å²) in [5.74, 6) is 1.83. The van der Waals surface area contributed by atoms with Crippen LogP contribution in [0.3, 0.4) is 0 Å². The zero-order valence-corrected chi connectivity index (χ0v) is 30.6. The van der Waals surface area contributed by atoms with Gasteiger partial charge in [-0.3, -0.25) is 19.5 Å². The smallest absolute Gasteiger partial charge is 0.242 e. The first kappa shape index (κ1) is 36.9. The van der Waals surface area contributed by atoms with E-state index in [9.17, 15) is 14.7 Å². The van der Waals surface area contributed by atoms with Crippen LogP contribution in [0, 0.1) is 17.8 Å². The summed E-state index contributed by atoms with van der Waals surface area (Å²) in [5, 5.41) is 16.6. The number of carbonyl (C=O) groups is 2. The molecule has 2 fully saturated rings. The van der Waals surface area contributed by atoms with Crippen molar-refractivity contribution in [2.75, 3.05) is 26.2 Å². The number of benzene rings is 2. The van der Waals surface area contributed by atoms with Crippen molar-refractivity contribution in [3.8, 4) is 5.75 Å². The second-order valence-electron chi connectivity index (χ2n) is 15.8. The molecule has 0 radical (unpaired) electrons. The van der Waals surface area contributed by atoms with Gasteiger partial charge in [0.25, 0.3) is 0 Å². The number of hydrogen-bond donors (Lipinski definition) is 4. The number of hydrogen-bond acceptors (Lipinski definition) is 5. The number of nitrogens with zero attached hydrogens (tertiary/aromatic N) is 2. The maximum Gasteiger partial charge on any atom is 0.242 e. The molecule has 2 bridgehead atoms. The molecule has 268 valence electrons. The van der Waals surface area contributed by atoms with Crippen molar-refractivity contribution >= 4 is 17.6 Å². The number of piperidine rings is 1. The summed E-state index contributed by atoms with van der Waals surface area (Å²) >= 11 is 0. The molecular weight excluding hydrogens is 610 g/mol. The maximum absolute atomic E-state index is 14.4. The molecule has 2 aliphatic carbocycles. The topological polar surface area (TPSA) is 120 Å². The van der Waals surface area contributed by atoms with Gasteiger partial charge in [0.1, 0.15) is 11.8 Å². The van der Waals surface area contributed by atoms with Gasteiger partial charge in [-0.2, -0.15) is 0 Å². The molecule has 2 amide bonds. The van der Waals surface area contributed by atoms with Crippen molar-refractivity contribution in [2.45, 2.75) is 122 Å². The molecule has 1 saturated carbocycles. The van der Waals surface area contributed by atoms with Crippen LogP contribution in [0.15, 0.2) is 53.5 Å². The van der Waals surface area contributed by atoms with Crippen LogP contribution in [0.1, 0.15) is 109 Å². The highest BCUT2D eigenvalue weighted by Crippen LogP contribution is 2.57. The predicted molar refractivity (Wildman–Crippen MR) is 199 cm³/mol. The molecule has 0 spiro atoms. The molecule has 49 heavy (non-hydrogen) atoms. The molecule has 1 heterocycles. The van der Waals surface area contributed by atoms with Gasteiger partial charge < -0.3 is 21.5 Å². The minimum Gasteiger partial charge on any atom is -0.508 e. The number of fused-ring (bicyclic) bond motifs is 4. The fourth-order valence-electron chi connectivity index (χ4n) is 8.65. The highest BCUT2D eigenvalue weighted by Gasteiger charge is 2.62. The van der Waals surface area contributed by atoms with Gasteiger partial charge in [0, 0.05) is 32.1 Å². The normalized spacial score (nSPS) is 27.0. The molecule has 5 rings (SSSR count). The van der Waals surface area contributed by atoms with E-state index in [4.69, 9.17) is 5.73 Å². The number of likely N-dealkylation sites (tertiary alicyclic amines) is 1. The fourth-order valence-corrected chi connectivity index (χ4v) is 8.65. The van der Waals surface area contributed by atoms with Crippen LogP contribution in [0.4, 0.5) is 0 Å². The third kappa shape index (κ3) is 8.33. The molecule has 8 nitrogen and oxygen atoms in total. The minimum atomic E-state index is -0.640. The summed E-state index contributed by atoms with van der Waals surface area (Å²) in [7, 11) is 0. The van der Waals surface area contributed by atoms with Crippen molar-refractivity contribution in [1.29, 1.82) is 0 Å². The molecule has 1 saturated heterocycles. The van der Waals surface area contributed by atoms with E-state index >= 15 is 0 Å². The summed E-state index contributed by atoms with van der Waals surface area (Å²) in [4.78, 5) is 35.0. The van der Waals surface area contributed by atoms with Gasteiger partial charge in [0.15, 0.2) is 0 Å². The number of amidine groups is 1. The highest BCUT2D eigenvalue weighted by atomic mass is 16.3. The van der Waals surface area contributed by atoms with Crippen molar-refractivity contribution in [3.05, 3.63) is 65.2 Å². The summed E-state index contributed by atoms with van der Waals surface area (Å²) in [6, 6.07) is 15.9. The Morgan fingerprint density at radius 2 is 1.88 bits per heavy atom. The number of phenolic OH excluding ortho intramolecular Hbond substituents is 1. The van der Waals surface area contributed by atoms with E-state index in [0.717, 1.165) is 88.8 Å². The van der Waals surface area contributed by atoms with E-state index in [2.05, 4.69) is 73.3 Å². The number of nitrogens with two attached hydrogens (primary N) is 1. The quantitative estimate of drug-likeness (QED) is 0.0902. The molecule has 0 unspecified atom stereocenters. The third-order valence-electron chi connectivity index (χ3n) is 11.9. The van der Waals surface area contributed by atoms with E-state index < -0.39 is 11.5 Å². The van der Waals surface area contributed by atoms with Crippen LogP contribution in [-0.4, -0.2) is 65.9 Å². The van der Waals surface area contributed by atoms with E-state index in [1.165, 1.54) is 11.1 Å². The number of aromatic hydroxyl groups is 1. The third-order valence-corrected chi connectivity index (χ3v) is 11.9. The highest BCUT2D eigenvalue weighted by molar-refractivity contribution is 5.95. The fraction of sp³-hybridized carbons (Fsp3) is 0.634. The molecule has 5 N–H and O–H groups in total. The molecule has 8 heteroatoms. The van der Waals surface area contributed by atoms with Gasteiger partial charge in [0.2, 0.25) is 11.8 Å². The number of phenols is 1. The summed E-state index contributed by atoms with van der Waals surface area (Å²) in [5.41, 5.74) is 9.04. The van der Waals surface area contributed by atoms with Crippen molar-refractivity contribution < 1.29 is 14.7 Å². The van der Waals surface area contributed by atoms with Gasteiger partial charge in [-0.15, -0.1) is 0 Å². The van der Waals surface area contributed by atoms with Crippen LogP contribution in [-0.2, 0) is 26.8 Å². The minimum absolute atomic E-state index is 0.0256. The first-order valence-corrected chi connectivity index (χ1v) is 19.0. The van der Waals surface area contributed by atoms with Gasteiger partial charge in [-0.25, -0.2) is 0 Å². The van der Waals surface area contributed by atoms with E-state index in [1.54, 1.807) is 0 Å². The Morgan fingerprint density at radius 1 is 1.10 bits per heavy atom. The lowest BCUT2D eigenvalue weighted by Crippen LogP contribution is -2.58. The van der Waals surface area contributed by atoms with Gasteiger partial charge in [0.05, 0.1) is 11.3 Å². The Bertz CT molecular complexity index is 1460. The second-order valence-corrected chi connectivity index (χ2v) is 15.8. The summed E-state index contributed by atoms with van der Waals surface area (Å²) in [6.07, 6.45) is 9.19. The summed E-state index contributed by atoms with van der Waals surface area (Å²) in [6.45, 7) is 14.2. The monoisotopic (exact) mass is 671 g/mol. The molecule has 3 aliphatic rings. The number of carbonyl (C=O) groups excluding carboxylic acids is 2. The molecule has 2 aromatic rings.